The summed E-state index contributed by atoms with van der Waals surface area (Å²) in [5, 5.41) is 11.9. The first kappa shape index (κ1) is 30.3. The molecule has 39 heavy (non-hydrogen) atoms. The van der Waals surface area contributed by atoms with Crippen LogP contribution in [0.25, 0.3) is 0 Å². The third-order valence-electron chi connectivity index (χ3n) is 7.11. The summed E-state index contributed by atoms with van der Waals surface area (Å²) in [4.78, 5) is 29.3. The zero-order valence-electron chi connectivity index (χ0n) is 21.9. The van der Waals surface area contributed by atoms with Crippen molar-refractivity contribution in [2.45, 2.75) is 56.5 Å². The Bertz CT molecular complexity index is 1150. The van der Waals surface area contributed by atoms with Gasteiger partial charge in [-0.15, -0.1) is 0 Å². The van der Waals surface area contributed by atoms with Crippen LogP contribution < -0.4 is 5.32 Å². The Morgan fingerprint density at radius 1 is 0.974 bits per heavy atom. The Hall–Kier alpha value is -3.28. The molecule has 0 spiro atoms. The molecule has 1 heterocycles. The lowest BCUT2D eigenvalue weighted by atomic mass is 9.80. The van der Waals surface area contributed by atoms with Crippen LogP contribution in [-0.2, 0) is 22.6 Å². The number of benzene rings is 2. The molecule has 1 saturated heterocycles. The van der Waals surface area contributed by atoms with Gasteiger partial charge in [0.15, 0.2) is 0 Å². The number of likely N-dealkylation sites (N-methyl/N-ethyl adjacent to an activating group) is 1. The number of nitrogens with zero attached hydrogens (tertiary/aromatic N) is 2. The van der Waals surface area contributed by atoms with Gasteiger partial charge in [0.25, 0.3) is 0 Å². The fraction of sp³-hybridized carbons (Fsp3) is 0.481. The first-order chi connectivity index (χ1) is 18.0. The zero-order chi connectivity index (χ0) is 29.3. The van der Waals surface area contributed by atoms with Gasteiger partial charge < -0.3 is 20.2 Å². The second-order valence-corrected chi connectivity index (χ2v) is 10.4. The molecule has 2 aromatic carbocycles. The van der Waals surface area contributed by atoms with Crippen LogP contribution in [0.15, 0.2) is 48.5 Å². The number of hydrogen-bond donors (Lipinski definition) is 2. The molecular weight excluding hydrogens is 528 g/mol. The molecule has 3 atom stereocenters. The van der Waals surface area contributed by atoms with Gasteiger partial charge in [0, 0.05) is 26.1 Å². The van der Waals surface area contributed by atoms with Crippen molar-refractivity contribution in [2.24, 2.45) is 0 Å². The van der Waals surface area contributed by atoms with E-state index in [1.807, 2.05) is 12.1 Å². The highest BCUT2D eigenvalue weighted by Gasteiger charge is 2.45. The number of halogens is 6. The first-order valence-corrected chi connectivity index (χ1v) is 12.2. The predicted octanol–water partition coefficient (Wildman–Crippen LogP) is 5.02. The van der Waals surface area contributed by atoms with E-state index >= 15 is 0 Å². The minimum Gasteiger partial charge on any atom is -0.394 e. The number of aliphatic hydroxyl groups excluding tert-OH is 1. The summed E-state index contributed by atoms with van der Waals surface area (Å²) in [6.45, 7) is 4.16. The van der Waals surface area contributed by atoms with Crippen LogP contribution in [-0.4, -0.2) is 65.7 Å². The molecule has 0 radical (unpaired) electrons. The van der Waals surface area contributed by atoms with Crippen molar-refractivity contribution >= 4 is 11.9 Å². The SMILES string of the molecule is C[C@H](CO)NC(=O)N1C[C@@H](N(C)C(=O)C(C)(C)c2cc(C(F)(F)F)cc(C(F)(F)F)c2)[C@H](c2ccccc2)C1. The number of rotatable bonds is 6. The highest BCUT2D eigenvalue weighted by atomic mass is 19.4. The lowest BCUT2D eigenvalue weighted by Crippen LogP contribution is -2.50. The summed E-state index contributed by atoms with van der Waals surface area (Å²) >= 11 is 0. The Balaban J connectivity index is 1.99. The molecule has 0 aliphatic carbocycles. The maximum absolute atomic E-state index is 13.8. The monoisotopic (exact) mass is 559 g/mol. The molecule has 6 nitrogen and oxygen atoms in total. The molecule has 1 fully saturated rings. The number of hydrogen-bond acceptors (Lipinski definition) is 3. The molecule has 0 saturated carbocycles. The highest BCUT2D eigenvalue weighted by molar-refractivity contribution is 5.88. The van der Waals surface area contributed by atoms with E-state index in [0.717, 1.165) is 5.56 Å². The van der Waals surface area contributed by atoms with E-state index in [1.165, 1.54) is 30.7 Å². The molecule has 0 unspecified atom stereocenters. The highest BCUT2D eigenvalue weighted by Crippen LogP contribution is 2.40. The van der Waals surface area contributed by atoms with Gasteiger partial charge in [-0.25, -0.2) is 4.79 Å². The molecule has 12 heteroatoms. The van der Waals surface area contributed by atoms with Crippen LogP contribution in [0.2, 0.25) is 0 Å². The average molecular weight is 560 g/mol. The lowest BCUT2D eigenvalue weighted by molar-refractivity contribution is -0.144. The maximum atomic E-state index is 13.8. The Morgan fingerprint density at radius 2 is 1.49 bits per heavy atom. The van der Waals surface area contributed by atoms with Gasteiger partial charge in [-0.05, 0) is 50.1 Å². The molecule has 2 N–H and O–H groups in total. The Kier molecular flexibility index (Phi) is 8.59. The number of amides is 3. The summed E-state index contributed by atoms with van der Waals surface area (Å²) in [7, 11) is 1.43. The van der Waals surface area contributed by atoms with Crippen LogP contribution in [0, 0.1) is 0 Å². The molecule has 1 aliphatic rings. The lowest BCUT2D eigenvalue weighted by Gasteiger charge is -2.36. The summed E-state index contributed by atoms with van der Waals surface area (Å²) < 4.78 is 80.9. The van der Waals surface area contributed by atoms with Crippen molar-refractivity contribution in [1.29, 1.82) is 0 Å². The van der Waals surface area contributed by atoms with Crippen molar-refractivity contribution in [2.75, 3.05) is 26.7 Å². The van der Waals surface area contributed by atoms with E-state index < -0.39 is 58.5 Å². The van der Waals surface area contributed by atoms with Gasteiger partial charge in [-0.3, -0.25) is 4.79 Å². The standard InChI is InChI=1S/C27H31F6N3O3/c1-16(15-37)34-24(39)36-13-21(17-8-6-5-7-9-17)22(14-36)35(4)23(38)25(2,3)18-10-19(26(28,29)30)12-20(11-18)27(31,32)33/h5-12,16,21-22,37H,13-15H2,1-4H3,(H,34,39)/t16-,21+,22-/m1/s1. The number of urea groups is 1. The topological polar surface area (TPSA) is 72.9 Å². The zero-order valence-corrected chi connectivity index (χ0v) is 21.9. The Labute approximate surface area is 222 Å². The van der Waals surface area contributed by atoms with Gasteiger partial charge in [-0.2, -0.15) is 26.3 Å². The first-order valence-electron chi connectivity index (χ1n) is 12.2. The summed E-state index contributed by atoms with van der Waals surface area (Å²) in [6, 6.07) is 8.57. The summed E-state index contributed by atoms with van der Waals surface area (Å²) in [6.07, 6.45) is -10.1. The van der Waals surface area contributed by atoms with E-state index in [2.05, 4.69) is 5.32 Å². The Morgan fingerprint density at radius 3 is 1.97 bits per heavy atom. The van der Waals surface area contributed by atoms with E-state index in [0.29, 0.717) is 12.1 Å². The molecule has 0 aromatic heterocycles. The normalized spacial score (nSPS) is 19.1. The maximum Gasteiger partial charge on any atom is 0.416 e. The van der Waals surface area contributed by atoms with Gasteiger partial charge in [0.2, 0.25) is 5.91 Å². The molecule has 0 bridgehead atoms. The van der Waals surface area contributed by atoms with Crippen molar-refractivity contribution in [3.05, 3.63) is 70.8 Å². The van der Waals surface area contributed by atoms with E-state index in [-0.39, 0.29) is 31.7 Å². The van der Waals surface area contributed by atoms with E-state index in [1.54, 1.807) is 25.1 Å². The fourth-order valence-corrected chi connectivity index (χ4v) is 4.75. The molecule has 3 amide bonds. The largest absolute Gasteiger partial charge is 0.416 e. The van der Waals surface area contributed by atoms with E-state index in [4.69, 9.17) is 0 Å². The number of aliphatic hydroxyl groups is 1. The van der Waals surface area contributed by atoms with Crippen LogP contribution in [0.4, 0.5) is 31.1 Å². The van der Waals surface area contributed by atoms with Crippen LogP contribution in [0.3, 0.4) is 0 Å². The summed E-state index contributed by atoms with van der Waals surface area (Å²) in [5.74, 6) is -1.08. The van der Waals surface area contributed by atoms with Crippen LogP contribution >= 0.6 is 0 Å². The smallest absolute Gasteiger partial charge is 0.394 e. The third kappa shape index (κ3) is 6.66. The minimum absolute atomic E-state index is 0.0278. The number of carbonyl (C=O) groups excluding carboxylic acids is 2. The van der Waals surface area contributed by atoms with E-state index in [9.17, 15) is 41.0 Å². The molecule has 2 aromatic rings. The van der Waals surface area contributed by atoms with Crippen molar-refractivity contribution in [3.63, 3.8) is 0 Å². The molecule has 3 rings (SSSR count). The van der Waals surface area contributed by atoms with Crippen molar-refractivity contribution in [3.8, 4) is 0 Å². The van der Waals surface area contributed by atoms with Crippen molar-refractivity contribution in [1.82, 2.24) is 15.1 Å². The summed E-state index contributed by atoms with van der Waals surface area (Å²) in [5.41, 5.74) is -4.39. The second-order valence-electron chi connectivity index (χ2n) is 10.4. The van der Waals surface area contributed by atoms with Crippen molar-refractivity contribution < 1.29 is 41.0 Å². The number of carbonyl (C=O) groups is 2. The fourth-order valence-electron chi connectivity index (χ4n) is 4.75. The van der Waals surface area contributed by atoms with Gasteiger partial charge >= 0.3 is 18.4 Å². The molecular formula is C27H31F6N3O3. The van der Waals surface area contributed by atoms with Gasteiger partial charge in [-0.1, -0.05) is 30.3 Å². The van der Waals surface area contributed by atoms with Gasteiger partial charge in [0.1, 0.15) is 0 Å². The quantitative estimate of drug-likeness (QED) is 0.489. The second kappa shape index (κ2) is 11.1. The number of likely N-dealkylation sites (tertiary alicyclic amines) is 1. The predicted molar refractivity (Wildman–Crippen MR) is 132 cm³/mol. The van der Waals surface area contributed by atoms with Crippen LogP contribution in [0.1, 0.15) is 48.9 Å². The number of nitrogens with one attached hydrogen (secondary N) is 1. The van der Waals surface area contributed by atoms with Gasteiger partial charge in [0.05, 0.1) is 35.2 Å². The van der Waals surface area contributed by atoms with Crippen LogP contribution in [0.5, 0.6) is 0 Å². The molecule has 214 valence electrons. The number of alkyl halides is 6. The average Bonchev–Trinajstić information content (AvgIpc) is 3.32. The molecule has 1 aliphatic heterocycles. The minimum atomic E-state index is -5.05. The third-order valence-corrected chi connectivity index (χ3v) is 7.11.